The molecule has 0 radical (unpaired) electrons. The third-order valence-electron chi connectivity index (χ3n) is 7.77. The minimum atomic E-state index is -0.367. The predicted molar refractivity (Wildman–Crippen MR) is 161 cm³/mol. The van der Waals surface area contributed by atoms with E-state index in [4.69, 9.17) is 5.10 Å². The van der Waals surface area contributed by atoms with Crippen molar-refractivity contribution in [3.8, 4) is 0 Å². The molecule has 0 amide bonds. The Balaban J connectivity index is 1.21. The van der Waals surface area contributed by atoms with E-state index < -0.39 is 0 Å². The average Bonchev–Trinajstić information content (AvgIpc) is 3.44. The number of hydrazone groups is 1. The standard InChI is InChI=1S/C33H49N3O2/c1-2-3-4-5-6-7-8-9-10-11-12-13-14-15-16-17-18-29-19-23-31(24-20-29)35-28-27-33(34-35)30-21-25-32(26-22-30)36(37)38/h19-26H,2-18,27-28H2,1H3. The van der Waals surface area contributed by atoms with Crippen molar-refractivity contribution >= 4 is 17.1 Å². The zero-order valence-corrected chi connectivity index (χ0v) is 23.7. The van der Waals surface area contributed by atoms with Crippen LogP contribution >= 0.6 is 0 Å². The fourth-order valence-electron chi connectivity index (χ4n) is 5.33. The molecule has 0 saturated carbocycles. The average molecular weight is 520 g/mol. The van der Waals surface area contributed by atoms with Gasteiger partial charge in [-0.15, -0.1) is 0 Å². The van der Waals surface area contributed by atoms with E-state index in [1.807, 2.05) is 5.01 Å². The fourth-order valence-corrected chi connectivity index (χ4v) is 5.33. The summed E-state index contributed by atoms with van der Waals surface area (Å²) in [5, 5.41) is 17.7. The molecule has 0 fully saturated rings. The molecule has 0 spiro atoms. The Hall–Kier alpha value is -2.69. The van der Waals surface area contributed by atoms with Gasteiger partial charge in [0.25, 0.3) is 5.69 Å². The zero-order valence-electron chi connectivity index (χ0n) is 23.7. The highest BCUT2D eigenvalue weighted by molar-refractivity contribution is 6.02. The number of anilines is 1. The van der Waals surface area contributed by atoms with Crippen LogP contribution in [0.4, 0.5) is 11.4 Å². The highest BCUT2D eigenvalue weighted by Gasteiger charge is 2.18. The molecule has 0 saturated heterocycles. The number of rotatable bonds is 20. The molecule has 0 N–H and O–H groups in total. The van der Waals surface area contributed by atoms with Crippen molar-refractivity contribution in [3.63, 3.8) is 0 Å². The highest BCUT2D eigenvalue weighted by atomic mass is 16.6. The first-order valence-corrected chi connectivity index (χ1v) is 15.4. The van der Waals surface area contributed by atoms with Crippen molar-refractivity contribution in [2.24, 2.45) is 5.10 Å². The van der Waals surface area contributed by atoms with Crippen LogP contribution in [0.1, 0.15) is 127 Å². The lowest BCUT2D eigenvalue weighted by Crippen LogP contribution is -2.11. The normalized spacial score (nSPS) is 13.2. The molecule has 1 aliphatic rings. The summed E-state index contributed by atoms with van der Waals surface area (Å²) in [5.41, 5.74) is 4.56. The van der Waals surface area contributed by atoms with E-state index in [2.05, 4.69) is 31.2 Å². The molecule has 1 aliphatic heterocycles. The van der Waals surface area contributed by atoms with E-state index in [1.54, 1.807) is 24.3 Å². The molecule has 2 aromatic rings. The third-order valence-corrected chi connectivity index (χ3v) is 7.77. The maximum atomic E-state index is 10.9. The van der Waals surface area contributed by atoms with Crippen molar-refractivity contribution in [1.29, 1.82) is 0 Å². The summed E-state index contributed by atoms with van der Waals surface area (Å²) < 4.78 is 0. The number of nitrogens with zero attached hydrogens (tertiary/aromatic N) is 3. The first-order chi connectivity index (χ1) is 18.7. The summed E-state index contributed by atoms with van der Waals surface area (Å²) in [7, 11) is 0. The lowest BCUT2D eigenvalue weighted by molar-refractivity contribution is -0.384. The van der Waals surface area contributed by atoms with Gasteiger partial charge < -0.3 is 0 Å². The van der Waals surface area contributed by atoms with Crippen LogP contribution in [0.2, 0.25) is 0 Å². The maximum Gasteiger partial charge on any atom is 0.269 e. The number of nitro groups is 1. The van der Waals surface area contributed by atoms with Gasteiger partial charge in [-0.05, 0) is 48.2 Å². The third kappa shape index (κ3) is 11.0. The smallest absolute Gasteiger partial charge is 0.265 e. The summed E-state index contributed by atoms with van der Waals surface area (Å²) >= 11 is 0. The number of non-ortho nitro benzene ring substituents is 1. The summed E-state index contributed by atoms with van der Waals surface area (Å²) in [4.78, 5) is 10.5. The van der Waals surface area contributed by atoms with Crippen LogP contribution in [0.25, 0.3) is 0 Å². The monoisotopic (exact) mass is 519 g/mol. The molecule has 1 heterocycles. The Bertz CT molecular complexity index is 953. The molecule has 0 aromatic heterocycles. The van der Waals surface area contributed by atoms with Crippen molar-refractivity contribution in [2.45, 2.75) is 122 Å². The SMILES string of the molecule is CCCCCCCCCCCCCCCCCCc1ccc(N2CCC(c3ccc([N+](=O)[O-])cc3)=N2)cc1. The number of benzene rings is 2. The number of aryl methyl sites for hydroxylation is 1. The Morgan fingerprint density at radius 3 is 1.71 bits per heavy atom. The topological polar surface area (TPSA) is 58.7 Å². The summed E-state index contributed by atoms with van der Waals surface area (Å²) in [5.74, 6) is 0. The number of unbranched alkanes of at least 4 members (excludes halogenated alkanes) is 15. The van der Waals surface area contributed by atoms with Crippen LogP contribution in [0.15, 0.2) is 53.6 Å². The zero-order chi connectivity index (χ0) is 26.8. The minimum Gasteiger partial charge on any atom is -0.265 e. The van der Waals surface area contributed by atoms with Gasteiger partial charge >= 0.3 is 0 Å². The Labute approximate surface area is 230 Å². The molecule has 5 heteroatoms. The van der Waals surface area contributed by atoms with E-state index in [0.29, 0.717) is 0 Å². The molecule has 0 unspecified atom stereocenters. The van der Waals surface area contributed by atoms with Crippen LogP contribution < -0.4 is 5.01 Å². The van der Waals surface area contributed by atoms with Gasteiger partial charge in [0.2, 0.25) is 0 Å². The molecule has 5 nitrogen and oxygen atoms in total. The second-order valence-corrected chi connectivity index (χ2v) is 10.9. The summed E-state index contributed by atoms with van der Waals surface area (Å²) in [6, 6.07) is 15.5. The van der Waals surface area contributed by atoms with Gasteiger partial charge in [-0.3, -0.25) is 15.1 Å². The van der Waals surface area contributed by atoms with Gasteiger partial charge in [0.15, 0.2) is 0 Å². The van der Waals surface area contributed by atoms with Crippen LogP contribution in [0.5, 0.6) is 0 Å². The van der Waals surface area contributed by atoms with Crippen LogP contribution in [-0.2, 0) is 6.42 Å². The van der Waals surface area contributed by atoms with Crippen LogP contribution in [0, 0.1) is 10.1 Å². The molecule has 2 aromatic carbocycles. The van der Waals surface area contributed by atoms with Gasteiger partial charge in [-0.1, -0.05) is 115 Å². The molecule has 0 aliphatic carbocycles. The van der Waals surface area contributed by atoms with E-state index in [9.17, 15) is 10.1 Å². The molecule has 38 heavy (non-hydrogen) atoms. The van der Waals surface area contributed by atoms with Crippen LogP contribution in [0.3, 0.4) is 0 Å². The van der Waals surface area contributed by atoms with E-state index in [-0.39, 0.29) is 10.6 Å². The van der Waals surface area contributed by atoms with Crippen LogP contribution in [-0.4, -0.2) is 17.2 Å². The van der Waals surface area contributed by atoms with Crippen molar-refractivity contribution in [2.75, 3.05) is 11.6 Å². The first kappa shape index (κ1) is 29.9. The molecular formula is C33H49N3O2. The number of hydrogen-bond acceptors (Lipinski definition) is 4. The van der Waals surface area contributed by atoms with Gasteiger partial charge in [-0.2, -0.15) is 5.10 Å². The largest absolute Gasteiger partial charge is 0.269 e. The van der Waals surface area contributed by atoms with Crippen molar-refractivity contribution in [3.05, 3.63) is 69.8 Å². The molecule has 208 valence electrons. The Kier molecular flexibility index (Phi) is 13.9. The quantitative estimate of drug-likeness (QED) is 0.0993. The second-order valence-electron chi connectivity index (χ2n) is 10.9. The number of nitro benzene ring substituents is 1. The maximum absolute atomic E-state index is 10.9. The molecule has 0 atom stereocenters. The van der Waals surface area contributed by atoms with Crippen molar-refractivity contribution in [1.82, 2.24) is 0 Å². The number of hydrogen-bond donors (Lipinski definition) is 0. The van der Waals surface area contributed by atoms with Gasteiger partial charge in [-0.25, -0.2) is 0 Å². The fraction of sp³-hybridized carbons (Fsp3) is 0.606. The molecule has 0 bridgehead atoms. The molecular weight excluding hydrogens is 470 g/mol. The lowest BCUT2D eigenvalue weighted by atomic mass is 10.0. The Morgan fingerprint density at radius 2 is 1.21 bits per heavy atom. The molecule has 3 rings (SSSR count). The van der Waals surface area contributed by atoms with Gasteiger partial charge in [0.05, 0.1) is 16.3 Å². The van der Waals surface area contributed by atoms with Gasteiger partial charge in [0.1, 0.15) is 0 Å². The first-order valence-electron chi connectivity index (χ1n) is 15.4. The predicted octanol–water partition coefficient (Wildman–Crippen LogP) is 10.0. The Morgan fingerprint density at radius 1 is 0.711 bits per heavy atom. The minimum absolute atomic E-state index is 0.115. The lowest BCUT2D eigenvalue weighted by Gasteiger charge is -2.14. The van der Waals surface area contributed by atoms with Gasteiger partial charge in [0, 0.05) is 25.1 Å². The van der Waals surface area contributed by atoms with E-state index >= 15 is 0 Å². The second kappa shape index (κ2) is 17.8. The summed E-state index contributed by atoms with van der Waals surface area (Å²) in [6.07, 6.45) is 24.5. The van der Waals surface area contributed by atoms with Crippen molar-refractivity contribution < 1.29 is 4.92 Å². The van der Waals surface area contributed by atoms with E-state index in [0.717, 1.165) is 36.3 Å². The highest BCUT2D eigenvalue weighted by Crippen LogP contribution is 2.24. The van der Waals surface area contributed by atoms with E-state index in [1.165, 1.54) is 108 Å². The summed E-state index contributed by atoms with van der Waals surface area (Å²) in [6.45, 7) is 3.13.